The van der Waals surface area contributed by atoms with Gasteiger partial charge in [-0.2, -0.15) is 0 Å². The molecule has 2 aromatic rings. The summed E-state index contributed by atoms with van der Waals surface area (Å²) in [4.78, 5) is 36.2. The smallest absolute Gasteiger partial charge is 0.255 e. The first-order valence-electron chi connectivity index (χ1n) is 9.51. The number of hydrogen-bond donors (Lipinski definition) is 3. The van der Waals surface area contributed by atoms with Gasteiger partial charge in [0.1, 0.15) is 5.76 Å². The Kier molecular flexibility index (Phi) is 6.47. The van der Waals surface area contributed by atoms with E-state index in [1.54, 1.807) is 13.0 Å². The van der Waals surface area contributed by atoms with Gasteiger partial charge in [0.25, 0.3) is 5.91 Å². The molecule has 0 bridgehead atoms. The van der Waals surface area contributed by atoms with Gasteiger partial charge < -0.3 is 20.4 Å². The predicted octanol–water partition coefficient (Wildman–Crippen LogP) is 2.76. The normalized spacial score (nSPS) is 13.9. The van der Waals surface area contributed by atoms with Gasteiger partial charge in [-0.15, -0.1) is 0 Å². The van der Waals surface area contributed by atoms with Crippen molar-refractivity contribution in [2.75, 3.05) is 11.9 Å². The van der Waals surface area contributed by atoms with Gasteiger partial charge >= 0.3 is 0 Å². The third-order valence-electron chi connectivity index (χ3n) is 4.92. The summed E-state index contributed by atoms with van der Waals surface area (Å²) in [5, 5.41) is 8.28. The number of carbonyl (C=O) groups excluding carboxylic acids is 3. The number of benzene rings is 1. The lowest BCUT2D eigenvalue weighted by atomic mass is 10.1. The third-order valence-corrected chi connectivity index (χ3v) is 4.92. The number of rotatable bonds is 7. The average Bonchev–Trinajstić information content (AvgIpc) is 3.36. The summed E-state index contributed by atoms with van der Waals surface area (Å²) in [5.41, 5.74) is 2.01. The molecule has 1 aliphatic rings. The molecule has 148 valence electrons. The Morgan fingerprint density at radius 1 is 1.11 bits per heavy atom. The van der Waals surface area contributed by atoms with Crippen molar-refractivity contribution in [2.45, 2.75) is 39.2 Å². The van der Waals surface area contributed by atoms with Crippen molar-refractivity contribution in [3.8, 4) is 0 Å². The molecule has 3 rings (SSSR count). The minimum Gasteiger partial charge on any atom is -0.469 e. The van der Waals surface area contributed by atoms with E-state index >= 15 is 0 Å². The van der Waals surface area contributed by atoms with Gasteiger partial charge in [0.2, 0.25) is 11.8 Å². The molecule has 28 heavy (non-hydrogen) atoms. The van der Waals surface area contributed by atoms with Crippen molar-refractivity contribution >= 4 is 23.4 Å². The van der Waals surface area contributed by atoms with E-state index in [9.17, 15) is 14.4 Å². The summed E-state index contributed by atoms with van der Waals surface area (Å²) in [5.74, 6) is 0.0315. The highest BCUT2D eigenvalue weighted by atomic mass is 16.3. The molecule has 7 heteroatoms. The quantitative estimate of drug-likeness (QED) is 0.684. The van der Waals surface area contributed by atoms with Crippen molar-refractivity contribution in [1.82, 2.24) is 10.6 Å². The predicted molar refractivity (Wildman–Crippen MR) is 105 cm³/mol. The molecule has 1 fully saturated rings. The summed E-state index contributed by atoms with van der Waals surface area (Å²) in [6.45, 7) is 1.88. The Bertz CT molecular complexity index is 853. The number of furan rings is 1. The molecular weight excluding hydrogens is 358 g/mol. The second kappa shape index (κ2) is 9.21. The molecule has 0 spiro atoms. The van der Waals surface area contributed by atoms with Gasteiger partial charge in [-0.25, -0.2) is 0 Å². The lowest BCUT2D eigenvalue weighted by Gasteiger charge is -2.12. The highest BCUT2D eigenvalue weighted by Gasteiger charge is 2.22. The molecule has 3 N–H and O–H groups in total. The van der Waals surface area contributed by atoms with Gasteiger partial charge in [0.15, 0.2) is 0 Å². The SMILES string of the molecule is Cc1occc1C(=O)NCC(=O)NCc1cccc(NC(=O)C2CCCC2)c1. The Morgan fingerprint density at radius 3 is 2.61 bits per heavy atom. The highest BCUT2D eigenvalue weighted by Crippen LogP contribution is 2.26. The Labute approximate surface area is 163 Å². The van der Waals surface area contributed by atoms with Crippen LogP contribution in [0.1, 0.15) is 47.4 Å². The summed E-state index contributed by atoms with van der Waals surface area (Å²) in [6.07, 6.45) is 5.56. The summed E-state index contributed by atoms with van der Waals surface area (Å²) < 4.78 is 5.08. The number of anilines is 1. The van der Waals surface area contributed by atoms with Crippen LogP contribution >= 0.6 is 0 Å². The number of nitrogens with one attached hydrogen (secondary N) is 3. The fraction of sp³-hybridized carbons (Fsp3) is 0.381. The van der Waals surface area contributed by atoms with Gasteiger partial charge in [-0.3, -0.25) is 14.4 Å². The van der Waals surface area contributed by atoms with Crippen LogP contribution in [0.15, 0.2) is 41.0 Å². The maximum atomic E-state index is 12.2. The fourth-order valence-corrected chi connectivity index (χ4v) is 3.33. The molecule has 1 aromatic carbocycles. The molecule has 0 radical (unpaired) electrons. The monoisotopic (exact) mass is 383 g/mol. The average molecular weight is 383 g/mol. The van der Waals surface area contributed by atoms with Crippen LogP contribution in [0.2, 0.25) is 0 Å². The lowest BCUT2D eigenvalue weighted by Crippen LogP contribution is -2.36. The van der Waals surface area contributed by atoms with Gasteiger partial charge in [0.05, 0.1) is 18.4 Å². The van der Waals surface area contributed by atoms with E-state index in [1.165, 1.54) is 6.26 Å². The Balaban J connectivity index is 1.45. The molecule has 1 saturated carbocycles. The van der Waals surface area contributed by atoms with E-state index in [0.717, 1.165) is 36.9 Å². The van der Waals surface area contributed by atoms with Crippen LogP contribution in [-0.2, 0) is 16.1 Å². The number of hydrogen-bond acceptors (Lipinski definition) is 4. The standard InChI is InChI=1S/C21H25N3O4/c1-14-18(9-10-28-14)21(27)23-13-19(25)22-12-15-5-4-8-17(11-15)24-20(26)16-6-2-3-7-16/h4-5,8-11,16H,2-3,6-7,12-13H2,1H3,(H,22,25)(H,23,27)(H,24,26). The zero-order chi connectivity index (χ0) is 19.9. The molecule has 3 amide bonds. The van der Waals surface area contributed by atoms with Crippen molar-refractivity contribution in [2.24, 2.45) is 5.92 Å². The van der Waals surface area contributed by atoms with E-state index in [2.05, 4.69) is 16.0 Å². The van der Waals surface area contributed by atoms with Crippen molar-refractivity contribution in [3.05, 3.63) is 53.5 Å². The van der Waals surface area contributed by atoms with Crippen LogP contribution in [0.4, 0.5) is 5.69 Å². The Morgan fingerprint density at radius 2 is 1.89 bits per heavy atom. The highest BCUT2D eigenvalue weighted by molar-refractivity contribution is 5.97. The first kappa shape index (κ1) is 19.7. The second-order valence-electron chi connectivity index (χ2n) is 7.02. The fourth-order valence-electron chi connectivity index (χ4n) is 3.33. The second-order valence-corrected chi connectivity index (χ2v) is 7.02. The first-order chi connectivity index (χ1) is 13.5. The summed E-state index contributed by atoms with van der Waals surface area (Å²) in [7, 11) is 0. The topological polar surface area (TPSA) is 100 Å². The van der Waals surface area contributed by atoms with Crippen LogP contribution in [0.25, 0.3) is 0 Å². The third kappa shape index (κ3) is 5.22. The van der Waals surface area contributed by atoms with E-state index in [4.69, 9.17) is 4.42 Å². The summed E-state index contributed by atoms with van der Waals surface area (Å²) in [6, 6.07) is 8.97. The zero-order valence-electron chi connectivity index (χ0n) is 15.9. The van der Waals surface area contributed by atoms with E-state index in [-0.39, 0.29) is 30.2 Å². The number of amides is 3. The van der Waals surface area contributed by atoms with Crippen LogP contribution in [0, 0.1) is 12.8 Å². The van der Waals surface area contributed by atoms with Crippen molar-refractivity contribution in [3.63, 3.8) is 0 Å². The van der Waals surface area contributed by atoms with Crippen LogP contribution < -0.4 is 16.0 Å². The van der Waals surface area contributed by atoms with Crippen molar-refractivity contribution < 1.29 is 18.8 Å². The molecular formula is C21H25N3O4. The number of carbonyl (C=O) groups is 3. The molecule has 1 aromatic heterocycles. The summed E-state index contributed by atoms with van der Waals surface area (Å²) >= 11 is 0. The maximum absolute atomic E-state index is 12.2. The van der Waals surface area contributed by atoms with Crippen LogP contribution in [0.5, 0.6) is 0 Å². The largest absolute Gasteiger partial charge is 0.469 e. The van der Waals surface area contributed by atoms with Gasteiger partial charge in [0, 0.05) is 18.2 Å². The minimum atomic E-state index is -0.349. The molecule has 0 unspecified atom stereocenters. The molecule has 0 saturated heterocycles. The maximum Gasteiger partial charge on any atom is 0.255 e. The molecule has 0 atom stereocenters. The zero-order valence-corrected chi connectivity index (χ0v) is 15.9. The number of aryl methyl sites for hydroxylation is 1. The molecule has 7 nitrogen and oxygen atoms in total. The molecule has 1 heterocycles. The van der Waals surface area contributed by atoms with E-state index < -0.39 is 0 Å². The Hall–Kier alpha value is -3.09. The van der Waals surface area contributed by atoms with Crippen LogP contribution in [0.3, 0.4) is 0 Å². The minimum absolute atomic E-state index is 0.0657. The molecule has 1 aliphatic carbocycles. The van der Waals surface area contributed by atoms with E-state index in [1.807, 2.05) is 24.3 Å². The van der Waals surface area contributed by atoms with Gasteiger partial charge in [-0.05, 0) is 43.5 Å². The lowest BCUT2D eigenvalue weighted by molar-refractivity contribution is -0.120. The van der Waals surface area contributed by atoms with Crippen LogP contribution in [-0.4, -0.2) is 24.3 Å². The molecule has 0 aliphatic heterocycles. The van der Waals surface area contributed by atoms with E-state index in [0.29, 0.717) is 17.9 Å². The first-order valence-corrected chi connectivity index (χ1v) is 9.51. The van der Waals surface area contributed by atoms with Gasteiger partial charge in [-0.1, -0.05) is 25.0 Å². The van der Waals surface area contributed by atoms with Crippen molar-refractivity contribution in [1.29, 1.82) is 0 Å².